The normalized spacial score (nSPS) is 19.3. The van der Waals surface area contributed by atoms with Gasteiger partial charge in [-0.2, -0.15) is 0 Å². The van der Waals surface area contributed by atoms with Crippen LogP contribution in [0.3, 0.4) is 0 Å². The lowest BCUT2D eigenvalue weighted by molar-refractivity contribution is -0.130. The van der Waals surface area contributed by atoms with Crippen molar-refractivity contribution in [3.63, 3.8) is 0 Å². The summed E-state index contributed by atoms with van der Waals surface area (Å²) in [5, 5.41) is 5.39. The van der Waals surface area contributed by atoms with E-state index in [-0.39, 0.29) is 30.0 Å². The molecule has 0 spiro atoms. The van der Waals surface area contributed by atoms with Gasteiger partial charge in [-0.1, -0.05) is 36.4 Å². The van der Waals surface area contributed by atoms with Crippen LogP contribution in [0.5, 0.6) is 0 Å². The number of hydrogen-bond acceptors (Lipinski definition) is 4. The standard InChI is InChI=1S/C18H22N2O3S/c1-2-20(15-10-11-24(22,23)13-15)18(21)12-19-17-9-5-7-14-6-3-4-8-16(14)17/h3-9,15,19H,2,10-13H2,1H3. The molecule has 2 aromatic carbocycles. The first-order valence-corrected chi connectivity index (χ1v) is 10.0. The van der Waals surface area contributed by atoms with Crippen LogP contribution in [0.4, 0.5) is 5.69 Å². The fraction of sp³-hybridized carbons (Fsp3) is 0.389. The van der Waals surface area contributed by atoms with Crippen molar-refractivity contribution in [1.82, 2.24) is 4.90 Å². The van der Waals surface area contributed by atoms with Gasteiger partial charge >= 0.3 is 0 Å². The number of carbonyl (C=O) groups is 1. The van der Waals surface area contributed by atoms with Crippen LogP contribution in [0.25, 0.3) is 10.8 Å². The van der Waals surface area contributed by atoms with Crippen LogP contribution in [0.2, 0.25) is 0 Å². The second-order valence-electron chi connectivity index (χ2n) is 6.12. The molecule has 1 unspecified atom stereocenters. The zero-order valence-electron chi connectivity index (χ0n) is 13.7. The van der Waals surface area contributed by atoms with E-state index in [0.29, 0.717) is 13.0 Å². The van der Waals surface area contributed by atoms with Gasteiger partial charge in [0, 0.05) is 23.7 Å². The number of benzene rings is 2. The van der Waals surface area contributed by atoms with Crippen LogP contribution in [-0.4, -0.2) is 49.9 Å². The van der Waals surface area contributed by atoms with Crippen molar-refractivity contribution >= 4 is 32.2 Å². The molecule has 1 fully saturated rings. The average molecular weight is 346 g/mol. The highest BCUT2D eigenvalue weighted by molar-refractivity contribution is 7.91. The number of nitrogens with one attached hydrogen (secondary N) is 1. The molecule has 5 nitrogen and oxygen atoms in total. The molecule has 0 bridgehead atoms. The van der Waals surface area contributed by atoms with E-state index in [1.165, 1.54) is 0 Å². The predicted octanol–water partition coefficient (Wildman–Crippen LogP) is 2.29. The maximum Gasteiger partial charge on any atom is 0.242 e. The first-order chi connectivity index (χ1) is 11.5. The van der Waals surface area contributed by atoms with E-state index in [0.717, 1.165) is 16.5 Å². The molecule has 0 aliphatic carbocycles. The molecule has 0 saturated carbocycles. The molecule has 1 amide bonds. The Labute approximate surface area is 142 Å². The van der Waals surface area contributed by atoms with Crippen molar-refractivity contribution in [2.45, 2.75) is 19.4 Å². The molecule has 1 atom stereocenters. The van der Waals surface area contributed by atoms with Crippen LogP contribution in [0.1, 0.15) is 13.3 Å². The Kier molecular flexibility index (Phi) is 4.76. The first-order valence-electron chi connectivity index (χ1n) is 8.21. The van der Waals surface area contributed by atoms with Gasteiger partial charge in [-0.25, -0.2) is 8.42 Å². The largest absolute Gasteiger partial charge is 0.376 e. The molecule has 1 heterocycles. The number of nitrogens with zero attached hydrogens (tertiary/aromatic N) is 1. The molecule has 24 heavy (non-hydrogen) atoms. The van der Waals surface area contributed by atoms with Crippen molar-refractivity contribution in [3.8, 4) is 0 Å². The third-order valence-corrected chi connectivity index (χ3v) is 6.28. The second kappa shape index (κ2) is 6.81. The van der Waals surface area contributed by atoms with Gasteiger partial charge in [-0.15, -0.1) is 0 Å². The van der Waals surface area contributed by atoms with E-state index in [2.05, 4.69) is 5.32 Å². The first kappa shape index (κ1) is 16.8. The minimum atomic E-state index is -2.99. The molecule has 128 valence electrons. The zero-order valence-corrected chi connectivity index (χ0v) is 14.6. The third kappa shape index (κ3) is 3.53. The molecule has 1 N–H and O–H groups in total. The Hall–Kier alpha value is -2.08. The van der Waals surface area contributed by atoms with Gasteiger partial charge in [-0.05, 0) is 24.8 Å². The number of likely N-dealkylation sites (N-methyl/N-ethyl adjacent to an activating group) is 1. The second-order valence-corrected chi connectivity index (χ2v) is 8.35. The van der Waals surface area contributed by atoms with Gasteiger partial charge in [0.15, 0.2) is 9.84 Å². The summed E-state index contributed by atoms with van der Waals surface area (Å²) in [5.74, 6) is 0.200. The van der Waals surface area contributed by atoms with E-state index in [4.69, 9.17) is 0 Å². The van der Waals surface area contributed by atoms with Crippen LogP contribution in [0, 0.1) is 0 Å². The zero-order chi connectivity index (χ0) is 17.2. The van der Waals surface area contributed by atoms with Crippen molar-refractivity contribution < 1.29 is 13.2 Å². The van der Waals surface area contributed by atoms with E-state index in [9.17, 15) is 13.2 Å². The number of amides is 1. The summed E-state index contributed by atoms with van der Waals surface area (Å²) in [6.07, 6.45) is 0.538. The maximum absolute atomic E-state index is 12.6. The number of fused-ring (bicyclic) bond motifs is 1. The molecule has 6 heteroatoms. The Morgan fingerprint density at radius 3 is 2.67 bits per heavy atom. The number of hydrogen-bond donors (Lipinski definition) is 1. The highest BCUT2D eigenvalue weighted by Crippen LogP contribution is 2.23. The lowest BCUT2D eigenvalue weighted by Crippen LogP contribution is -2.43. The summed E-state index contributed by atoms with van der Waals surface area (Å²) in [6, 6.07) is 13.7. The summed E-state index contributed by atoms with van der Waals surface area (Å²) in [5.41, 5.74) is 0.913. The molecule has 3 rings (SSSR count). The van der Waals surface area contributed by atoms with Gasteiger partial charge in [0.25, 0.3) is 0 Å². The topological polar surface area (TPSA) is 66.5 Å². The van der Waals surface area contributed by atoms with E-state index < -0.39 is 9.84 Å². The van der Waals surface area contributed by atoms with Crippen LogP contribution >= 0.6 is 0 Å². The van der Waals surface area contributed by atoms with Gasteiger partial charge in [0.1, 0.15) is 0 Å². The molecular weight excluding hydrogens is 324 g/mol. The Morgan fingerprint density at radius 1 is 1.21 bits per heavy atom. The number of carbonyl (C=O) groups excluding carboxylic acids is 1. The molecule has 1 aliphatic rings. The number of rotatable bonds is 5. The predicted molar refractivity (Wildman–Crippen MR) is 96.9 cm³/mol. The molecule has 0 radical (unpaired) electrons. The number of anilines is 1. The van der Waals surface area contributed by atoms with Gasteiger partial charge < -0.3 is 10.2 Å². The molecule has 2 aromatic rings. The summed E-state index contributed by atoms with van der Waals surface area (Å²) < 4.78 is 23.3. The fourth-order valence-corrected chi connectivity index (χ4v) is 5.04. The maximum atomic E-state index is 12.6. The van der Waals surface area contributed by atoms with Gasteiger partial charge in [0.2, 0.25) is 5.91 Å². The quantitative estimate of drug-likeness (QED) is 0.902. The molecule has 0 aromatic heterocycles. The molecule has 1 saturated heterocycles. The van der Waals surface area contributed by atoms with Crippen LogP contribution < -0.4 is 5.32 Å². The van der Waals surface area contributed by atoms with Crippen LogP contribution in [-0.2, 0) is 14.6 Å². The van der Waals surface area contributed by atoms with Crippen molar-refractivity contribution in [2.24, 2.45) is 0 Å². The summed E-state index contributed by atoms with van der Waals surface area (Å²) in [7, 11) is -2.99. The highest BCUT2D eigenvalue weighted by Gasteiger charge is 2.33. The lowest BCUT2D eigenvalue weighted by atomic mass is 10.1. The summed E-state index contributed by atoms with van der Waals surface area (Å²) in [4.78, 5) is 14.2. The SMILES string of the molecule is CCN(C(=O)CNc1cccc2ccccc12)C1CCS(=O)(=O)C1. The van der Waals surface area contributed by atoms with Crippen molar-refractivity contribution in [3.05, 3.63) is 42.5 Å². The van der Waals surface area contributed by atoms with E-state index in [1.807, 2.05) is 49.4 Å². The minimum absolute atomic E-state index is 0.0625. The van der Waals surface area contributed by atoms with Crippen LogP contribution in [0.15, 0.2) is 42.5 Å². The van der Waals surface area contributed by atoms with E-state index in [1.54, 1.807) is 4.90 Å². The smallest absolute Gasteiger partial charge is 0.242 e. The molecule has 1 aliphatic heterocycles. The Bertz CT molecular complexity index is 843. The Morgan fingerprint density at radius 2 is 1.96 bits per heavy atom. The van der Waals surface area contributed by atoms with Gasteiger partial charge in [0.05, 0.1) is 18.1 Å². The highest BCUT2D eigenvalue weighted by atomic mass is 32.2. The molecular formula is C18H22N2O3S. The summed E-state index contributed by atoms with van der Waals surface area (Å²) in [6.45, 7) is 2.58. The van der Waals surface area contributed by atoms with Gasteiger partial charge in [-0.3, -0.25) is 4.79 Å². The average Bonchev–Trinajstić information content (AvgIpc) is 2.93. The minimum Gasteiger partial charge on any atom is -0.376 e. The van der Waals surface area contributed by atoms with Crippen molar-refractivity contribution in [2.75, 3.05) is 29.9 Å². The number of sulfone groups is 1. The lowest BCUT2D eigenvalue weighted by Gasteiger charge is -2.27. The van der Waals surface area contributed by atoms with Crippen molar-refractivity contribution in [1.29, 1.82) is 0 Å². The summed E-state index contributed by atoms with van der Waals surface area (Å²) >= 11 is 0. The fourth-order valence-electron chi connectivity index (χ4n) is 3.31. The third-order valence-electron chi connectivity index (χ3n) is 4.53. The van der Waals surface area contributed by atoms with E-state index >= 15 is 0 Å². The Balaban J connectivity index is 1.70. The monoisotopic (exact) mass is 346 g/mol.